The monoisotopic (exact) mass is 295 g/mol. The van der Waals surface area contributed by atoms with Gasteiger partial charge in [-0.1, -0.05) is 0 Å². The van der Waals surface area contributed by atoms with Crippen LogP contribution in [0.5, 0.6) is 0 Å². The van der Waals surface area contributed by atoms with E-state index >= 15 is 0 Å². The Bertz CT molecular complexity index is 192. The van der Waals surface area contributed by atoms with Gasteiger partial charge in [0, 0.05) is 26.9 Å². The molecule has 6 nitrogen and oxygen atoms in total. The summed E-state index contributed by atoms with van der Waals surface area (Å²) in [6.45, 7) is 8.20. The highest BCUT2D eigenvalue weighted by molar-refractivity contribution is 6.53. The lowest BCUT2D eigenvalue weighted by Gasteiger charge is -2.28. The van der Waals surface area contributed by atoms with E-state index in [0.717, 1.165) is 12.8 Å². The molecule has 0 aliphatic rings. The van der Waals surface area contributed by atoms with Crippen LogP contribution in [-0.2, 0) is 22.4 Å². The number of hydrogen-bond donors (Lipinski definition) is 1. The van der Waals surface area contributed by atoms with Crippen LogP contribution in [-0.4, -0.2) is 55.2 Å². The quantitative estimate of drug-likeness (QED) is 0.516. The van der Waals surface area contributed by atoms with Crippen molar-refractivity contribution >= 4 is 9.05 Å². The number of hydrogen-bond acceptors (Lipinski definition) is 6. The van der Waals surface area contributed by atoms with E-state index in [4.69, 9.17) is 28.2 Å². The second kappa shape index (κ2) is 11.8. The van der Waals surface area contributed by atoms with E-state index in [1.165, 1.54) is 0 Å². The van der Waals surface area contributed by atoms with Gasteiger partial charge < -0.3 is 28.2 Å². The first-order chi connectivity index (χ1) is 9.17. The van der Waals surface area contributed by atoms with Crippen molar-refractivity contribution in [1.29, 1.82) is 0 Å². The maximum absolute atomic E-state index is 5.81. The summed E-state index contributed by atoms with van der Waals surface area (Å²) in [5, 5.41) is 0. The van der Waals surface area contributed by atoms with Gasteiger partial charge in [0.05, 0.1) is 12.7 Å². The Morgan fingerprint density at radius 3 is 1.84 bits per heavy atom. The van der Waals surface area contributed by atoms with Gasteiger partial charge >= 0.3 is 9.05 Å². The lowest BCUT2D eigenvalue weighted by molar-refractivity contribution is -0.0535. The molecule has 0 aromatic carbocycles. The van der Waals surface area contributed by atoms with Crippen LogP contribution in [0.4, 0.5) is 0 Å². The zero-order valence-corrected chi connectivity index (χ0v) is 13.6. The standard InChI is InChI=1S/C12H29NO5Si/c1-5-15-19(16-6-2,17-7-3)18-11-12(14-4)9-8-10-13/h12H,5-11,13H2,1-4H3. The topological polar surface area (TPSA) is 72.2 Å². The Morgan fingerprint density at radius 2 is 1.47 bits per heavy atom. The molecule has 0 saturated carbocycles. The van der Waals surface area contributed by atoms with E-state index in [0.29, 0.717) is 33.0 Å². The second-order valence-corrected chi connectivity index (χ2v) is 6.05. The van der Waals surface area contributed by atoms with E-state index in [9.17, 15) is 0 Å². The summed E-state index contributed by atoms with van der Waals surface area (Å²) >= 11 is 0. The number of nitrogens with two attached hydrogens (primary N) is 1. The van der Waals surface area contributed by atoms with Crippen LogP contribution < -0.4 is 5.73 Å². The summed E-state index contributed by atoms with van der Waals surface area (Å²) in [6.07, 6.45) is 1.73. The molecule has 1 unspecified atom stereocenters. The molecule has 1 atom stereocenters. The Kier molecular flexibility index (Phi) is 11.8. The van der Waals surface area contributed by atoms with Crippen LogP contribution in [0.3, 0.4) is 0 Å². The minimum Gasteiger partial charge on any atom is -0.379 e. The van der Waals surface area contributed by atoms with Gasteiger partial charge in [0.25, 0.3) is 0 Å². The Hall–Kier alpha value is -0.0231. The molecule has 116 valence electrons. The van der Waals surface area contributed by atoms with Crippen LogP contribution in [0, 0.1) is 0 Å². The summed E-state index contributed by atoms with van der Waals surface area (Å²) in [6, 6.07) is 0. The first-order valence-electron chi connectivity index (χ1n) is 6.96. The molecule has 0 amide bonds. The third-order valence-corrected chi connectivity index (χ3v) is 4.92. The predicted octanol–water partition coefficient (Wildman–Crippen LogP) is 1.30. The zero-order valence-electron chi connectivity index (χ0n) is 12.6. The fourth-order valence-electron chi connectivity index (χ4n) is 1.59. The average Bonchev–Trinajstić information content (AvgIpc) is 2.40. The van der Waals surface area contributed by atoms with Crippen molar-refractivity contribution in [2.45, 2.75) is 39.7 Å². The van der Waals surface area contributed by atoms with Gasteiger partial charge in [-0.3, -0.25) is 0 Å². The van der Waals surface area contributed by atoms with E-state index in [-0.39, 0.29) is 6.10 Å². The molecule has 0 radical (unpaired) electrons. The van der Waals surface area contributed by atoms with Gasteiger partial charge in [0.1, 0.15) is 0 Å². The van der Waals surface area contributed by atoms with Gasteiger partial charge in [0.15, 0.2) is 0 Å². The molecule has 19 heavy (non-hydrogen) atoms. The third-order valence-electron chi connectivity index (χ3n) is 2.47. The van der Waals surface area contributed by atoms with Crippen LogP contribution >= 0.6 is 0 Å². The first-order valence-corrected chi connectivity index (χ1v) is 8.59. The van der Waals surface area contributed by atoms with Crippen molar-refractivity contribution in [3.05, 3.63) is 0 Å². The number of ether oxygens (including phenoxy) is 1. The fraction of sp³-hybridized carbons (Fsp3) is 1.00. The summed E-state index contributed by atoms with van der Waals surface area (Å²) in [5.74, 6) is 0. The normalized spacial score (nSPS) is 13.7. The van der Waals surface area contributed by atoms with E-state index in [1.54, 1.807) is 7.11 Å². The second-order valence-electron chi connectivity index (χ2n) is 3.90. The summed E-state index contributed by atoms with van der Waals surface area (Å²) in [4.78, 5) is 0. The van der Waals surface area contributed by atoms with Crippen LogP contribution in [0.2, 0.25) is 0 Å². The number of methoxy groups -OCH3 is 1. The molecule has 0 fully saturated rings. The molecule has 0 spiro atoms. The molecule has 2 N–H and O–H groups in total. The van der Waals surface area contributed by atoms with Crippen molar-refractivity contribution in [2.75, 3.05) is 40.1 Å². The van der Waals surface area contributed by atoms with Crippen molar-refractivity contribution in [2.24, 2.45) is 5.73 Å². The molecule has 0 saturated heterocycles. The minimum atomic E-state index is -3.03. The zero-order chi connectivity index (χ0) is 14.6. The molecule has 0 heterocycles. The van der Waals surface area contributed by atoms with Crippen molar-refractivity contribution in [3.63, 3.8) is 0 Å². The molecule has 0 aliphatic heterocycles. The number of rotatable bonds is 13. The van der Waals surface area contributed by atoms with E-state index in [2.05, 4.69) is 0 Å². The highest BCUT2D eigenvalue weighted by atomic mass is 28.4. The largest absolute Gasteiger partial charge is 0.679 e. The van der Waals surface area contributed by atoms with Crippen LogP contribution in [0.1, 0.15) is 33.6 Å². The summed E-state index contributed by atoms with van der Waals surface area (Å²) in [5.41, 5.74) is 5.49. The first kappa shape index (κ1) is 19.0. The summed E-state index contributed by atoms with van der Waals surface area (Å²) in [7, 11) is -1.36. The lowest BCUT2D eigenvalue weighted by Crippen LogP contribution is -2.50. The minimum absolute atomic E-state index is 0.0169. The maximum Gasteiger partial charge on any atom is 0.679 e. The van der Waals surface area contributed by atoms with Crippen molar-refractivity contribution in [3.8, 4) is 0 Å². The molecule has 7 heteroatoms. The molecular weight excluding hydrogens is 266 g/mol. The Balaban J connectivity index is 4.42. The summed E-state index contributed by atoms with van der Waals surface area (Å²) < 4.78 is 28.0. The van der Waals surface area contributed by atoms with Crippen molar-refractivity contribution in [1.82, 2.24) is 0 Å². The molecule has 0 aromatic heterocycles. The van der Waals surface area contributed by atoms with E-state index < -0.39 is 9.05 Å². The van der Waals surface area contributed by atoms with Gasteiger partial charge in [-0.25, -0.2) is 0 Å². The molecule has 0 rings (SSSR count). The highest BCUT2D eigenvalue weighted by Crippen LogP contribution is 2.14. The molecule has 0 aliphatic carbocycles. The fourth-order valence-corrected chi connectivity index (χ4v) is 3.54. The predicted molar refractivity (Wildman–Crippen MR) is 75.7 cm³/mol. The van der Waals surface area contributed by atoms with Gasteiger partial charge in [-0.15, -0.1) is 0 Å². The van der Waals surface area contributed by atoms with Crippen molar-refractivity contribution < 1.29 is 22.4 Å². The van der Waals surface area contributed by atoms with Gasteiger partial charge in [-0.05, 0) is 40.2 Å². The SMILES string of the molecule is CCO[Si](OCC)(OCC)OCC(CCCN)OC. The van der Waals surface area contributed by atoms with Crippen LogP contribution in [0.25, 0.3) is 0 Å². The highest BCUT2D eigenvalue weighted by Gasteiger charge is 2.45. The molecule has 0 bridgehead atoms. The van der Waals surface area contributed by atoms with Crippen LogP contribution in [0.15, 0.2) is 0 Å². The molecule has 0 aromatic rings. The molecular formula is C12H29NO5Si. The third kappa shape index (κ3) is 7.98. The maximum atomic E-state index is 5.81. The van der Waals surface area contributed by atoms with E-state index in [1.807, 2.05) is 20.8 Å². The van der Waals surface area contributed by atoms with Gasteiger partial charge in [-0.2, -0.15) is 0 Å². The Morgan fingerprint density at radius 1 is 0.947 bits per heavy atom. The average molecular weight is 295 g/mol. The Labute approximate surface area is 118 Å². The van der Waals surface area contributed by atoms with Gasteiger partial charge in [0.2, 0.25) is 0 Å². The smallest absolute Gasteiger partial charge is 0.379 e. The lowest BCUT2D eigenvalue weighted by atomic mass is 10.2.